The molecule has 0 radical (unpaired) electrons. The molecular formula is C23H23Cl3N4O4S. The van der Waals surface area contributed by atoms with Crippen molar-refractivity contribution in [1.29, 1.82) is 0 Å². The summed E-state index contributed by atoms with van der Waals surface area (Å²) in [5, 5.41) is 19.4. The number of aromatic amines is 1. The van der Waals surface area contributed by atoms with Gasteiger partial charge in [0, 0.05) is 22.9 Å². The third-order valence-electron chi connectivity index (χ3n) is 5.57. The molecule has 2 heterocycles. The zero-order chi connectivity index (χ0) is 25.0. The van der Waals surface area contributed by atoms with E-state index in [2.05, 4.69) is 27.4 Å². The van der Waals surface area contributed by atoms with E-state index < -0.39 is 16.0 Å². The highest BCUT2D eigenvalue weighted by molar-refractivity contribution is 7.99. The Bertz CT molecular complexity index is 1130. The third-order valence-corrected chi connectivity index (χ3v) is 7.06. The lowest BCUT2D eigenvalue weighted by Gasteiger charge is -2.41. The molecule has 35 heavy (non-hydrogen) atoms. The zero-order valence-corrected chi connectivity index (χ0v) is 21.6. The SMILES string of the molecule is C[C@@H]1[C@H](CSc2ncn[nH]2)O[C@H](c2cccc(NC(=O)C(Cl)(Cl)Cl)c2)O[C@@H]1c1ccc(CO)cc1. The molecule has 0 bridgehead atoms. The van der Waals surface area contributed by atoms with Crippen LogP contribution in [0.2, 0.25) is 0 Å². The molecule has 1 saturated heterocycles. The first-order valence-electron chi connectivity index (χ1n) is 10.7. The molecule has 0 saturated carbocycles. The van der Waals surface area contributed by atoms with E-state index in [0.29, 0.717) is 22.2 Å². The molecule has 0 aliphatic carbocycles. The summed E-state index contributed by atoms with van der Waals surface area (Å²) in [5.74, 6) is -0.138. The van der Waals surface area contributed by atoms with Crippen molar-refractivity contribution in [2.75, 3.05) is 11.1 Å². The van der Waals surface area contributed by atoms with Gasteiger partial charge in [0.25, 0.3) is 9.70 Å². The van der Waals surface area contributed by atoms with E-state index in [9.17, 15) is 9.90 Å². The van der Waals surface area contributed by atoms with Gasteiger partial charge in [-0.25, -0.2) is 4.98 Å². The Morgan fingerprint density at radius 1 is 1.17 bits per heavy atom. The van der Waals surface area contributed by atoms with Gasteiger partial charge in [-0.3, -0.25) is 9.89 Å². The lowest BCUT2D eigenvalue weighted by molar-refractivity contribution is -0.268. The van der Waals surface area contributed by atoms with Crippen molar-refractivity contribution >= 4 is 58.2 Å². The number of benzene rings is 2. The minimum Gasteiger partial charge on any atom is -0.392 e. The number of thioether (sulfide) groups is 1. The molecule has 1 aliphatic rings. The number of aliphatic hydroxyl groups is 1. The largest absolute Gasteiger partial charge is 0.392 e. The molecule has 3 aromatic rings. The van der Waals surface area contributed by atoms with Crippen LogP contribution in [0.15, 0.2) is 60.0 Å². The fraction of sp³-hybridized carbons (Fsp3) is 0.348. The number of nitrogens with zero attached hydrogens (tertiary/aromatic N) is 2. The normalized spacial score (nSPS) is 22.7. The number of anilines is 1. The van der Waals surface area contributed by atoms with Crippen LogP contribution in [0, 0.1) is 5.92 Å². The van der Waals surface area contributed by atoms with Crippen molar-refractivity contribution in [2.24, 2.45) is 5.92 Å². The minimum atomic E-state index is -2.09. The zero-order valence-electron chi connectivity index (χ0n) is 18.5. The lowest BCUT2D eigenvalue weighted by atomic mass is 9.91. The van der Waals surface area contributed by atoms with Crippen LogP contribution < -0.4 is 5.32 Å². The van der Waals surface area contributed by atoms with Gasteiger partial charge >= 0.3 is 0 Å². The first kappa shape index (κ1) is 26.2. The number of hydrogen-bond donors (Lipinski definition) is 3. The summed E-state index contributed by atoms with van der Waals surface area (Å²) < 4.78 is 10.7. The number of halogens is 3. The van der Waals surface area contributed by atoms with Gasteiger partial charge in [-0.2, -0.15) is 5.10 Å². The van der Waals surface area contributed by atoms with Crippen molar-refractivity contribution in [3.05, 3.63) is 71.5 Å². The highest BCUT2D eigenvalue weighted by Crippen LogP contribution is 2.43. The van der Waals surface area contributed by atoms with E-state index in [1.807, 2.05) is 30.3 Å². The number of H-pyrrole nitrogens is 1. The number of carbonyl (C=O) groups is 1. The Hall–Kier alpha value is -1.85. The number of nitrogens with one attached hydrogen (secondary N) is 2. The van der Waals surface area contributed by atoms with Gasteiger partial charge in [-0.15, -0.1) is 0 Å². The van der Waals surface area contributed by atoms with E-state index in [4.69, 9.17) is 44.3 Å². The van der Waals surface area contributed by atoms with Gasteiger partial charge < -0.3 is 19.9 Å². The third kappa shape index (κ3) is 6.68. The monoisotopic (exact) mass is 556 g/mol. The van der Waals surface area contributed by atoms with Crippen LogP contribution in [0.1, 0.15) is 36.0 Å². The number of rotatable bonds is 7. The maximum atomic E-state index is 12.1. The van der Waals surface area contributed by atoms with Crippen LogP contribution in [0.25, 0.3) is 0 Å². The highest BCUT2D eigenvalue weighted by atomic mass is 35.6. The second-order valence-electron chi connectivity index (χ2n) is 8.00. The van der Waals surface area contributed by atoms with Gasteiger partial charge in [-0.1, -0.05) is 89.9 Å². The van der Waals surface area contributed by atoms with E-state index >= 15 is 0 Å². The van der Waals surface area contributed by atoms with Crippen LogP contribution in [0.4, 0.5) is 5.69 Å². The van der Waals surface area contributed by atoms with Crippen molar-refractivity contribution in [3.63, 3.8) is 0 Å². The molecule has 0 unspecified atom stereocenters. The smallest absolute Gasteiger partial charge is 0.276 e. The van der Waals surface area contributed by atoms with Crippen molar-refractivity contribution < 1.29 is 19.4 Å². The molecule has 2 aromatic carbocycles. The molecule has 1 aliphatic heterocycles. The van der Waals surface area contributed by atoms with Gasteiger partial charge in [0.2, 0.25) is 0 Å². The van der Waals surface area contributed by atoms with Crippen LogP contribution in [-0.4, -0.2) is 41.8 Å². The van der Waals surface area contributed by atoms with Gasteiger partial charge in [0.1, 0.15) is 6.33 Å². The molecule has 1 fully saturated rings. The number of hydrogen-bond acceptors (Lipinski definition) is 7. The molecule has 8 nitrogen and oxygen atoms in total. The Kier molecular flexibility index (Phi) is 8.59. The molecule has 4 atom stereocenters. The summed E-state index contributed by atoms with van der Waals surface area (Å²) in [7, 11) is 0. The lowest BCUT2D eigenvalue weighted by Crippen LogP contribution is -2.38. The maximum Gasteiger partial charge on any atom is 0.276 e. The number of aliphatic hydroxyl groups excluding tert-OH is 1. The van der Waals surface area contributed by atoms with Gasteiger partial charge in [-0.05, 0) is 23.3 Å². The summed E-state index contributed by atoms with van der Waals surface area (Å²) in [5.41, 5.74) is 2.94. The number of alkyl halides is 3. The van der Waals surface area contributed by atoms with Gasteiger partial charge in [0.05, 0.1) is 18.8 Å². The van der Waals surface area contributed by atoms with E-state index in [1.165, 1.54) is 18.1 Å². The summed E-state index contributed by atoms with van der Waals surface area (Å²) in [6.45, 7) is 2.04. The first-order valence-corrected chi connectivity index (χ1v) is 12.8. The fourth-order valence-corrected chi connectivity index (χ4v) is 4.78. The van der Waals surface area contributed by atoms with Crippen LogP contribution in [-0.2, 0) is 20.9 Å². The number of carbonyl (C=O) groups excluding carboxylic acids is 1. The average Bonchev–Trinajstić information content (AvgIpc) is 3.37. The summed E-state index contributed by atoms with van der Waals surface area (Å²) in [6.07, 6.45) is 0.285. The summed E-state index contributed by atoms with van der Waals surface area (Å²) in [4.78, 5) is 16.3. The molecule has 4 rings (SSSR count). The standard InChI is InChI=1S/C23H23Cl3N4O4S/c1-13-18(11-35-22-27-12-28-30-22)33-20(34-19(13)15-7-5-14(10-31)6-8-15)16-3-2-4-17(9-16)29-21(32)23(24,25)26/h2-9,12-13,18-20,31H,10-11H2,1H3,(H,29,32)(H,27,28,30)/t13-,18+,19+,20+/m1/s1. The second kappa shape index (κ2) is 11.5. The van der Waals surface area contributed by atoms with E-state index in [-0.39, 0.29) is 24.7 Å². The summed E-state index contributed by atoms with van der Waals surface area (Å²) in [6, 6.07) is 14.7. The van der Waals surface area contributed by atoms with Crippen molar-refractivity contribution in [3.8, 4) is 0 Å². The topological polar surface area (TPSA) is 109 Å². The van der Waals surface area contributed by atoms with Crippen molar-refractivity contribution in [2.45, 2.75) is 41.0 Å². The molecule has 12 heteroatoms. The average molecular weight is 558 g/mol. The molecule has 1 amide bonds. The van der Waals surface area contributed by atoms with Gasteiger partial charge in [0.15, 0.2) is 11.4 Å². The Morgan fingerprint density at radius 2 is 1.94 bits per heavy atom. The highest BCUT2D eigenvalue weighted by Gasteiger charge is 2.38. The van der Waals surface area contributed by atoms with Crippen molar-refractivity contribution in [1.82, 2.24) is 15.2 Å². The second-order valence-corrected chi connectivity index (χ2v) is 11.3. The Balaban J connectivity index is 1.58. The number of aromatic nitrogens is 3. The van der Waals surface area contributed by atoms with E-state index in [0.717, 1.165) is 11.1 Å². The quantitative estimate of drug-likeness (QED) is 0.271. The molecule has 0 spiro atoms. The molecule has 3 N–H and O–H groups in total. The molecule has 1 aromatic heterocycles. The fourth-order valence-electron chi connectivity index (χ4n) is 3.70. The number of ether oxygens (including phenoxy) is 2. The first-order chi connectivity index (χ1) is 16.7. The Labute approximate surface area is 221 Å². The molecule has 186 valence electrons. The number of amides is 1. The molecular weight excluding hydrogens is 535 g/mol. The van der Waals surface area contributed by atoms with E-state index in [1.54, 1.807) is 18.2 Å². The maximum absolute atomic E-state index is 12.1. The van der Waals surface area contributed by atoms with Crippen LogP contribution >= 0.6 is 46.6 Å². The minimum absolute atomic E-state index is 0.00824. The summed E-state index contributed by atoms with van der Waals surface area (Å²) >= 11 is 18.6. The predicted molar refractivity (Wildman–Crippen MR) is 135 cm³/mol. The predicted octanol–water partition coefficient (Wildman–Crippen LogP) is 5.19. The van der Waals surface area contributed by atoms with Crippen LogP contribution in [0.5, 0.6) is 0 Å². The van der Waals surface area contributed by atoms with Crippen LogP contribution in [0.3, 0.4) is 0 Å². The Morgan fingerprint density at radius 3 is 2.60 bits per heavy atom.